The summed E-state index contributed by atoms with van der Waals surface area (Å²) < 4.78 is 1.20. The summed E-state index contributed by atoms with van der Waals surface area (Å²) in [6.07, 6.45) is 0. The van der Waals surface area contributed by atoms with Crippen LogP contribution in [0.1, 0.15) is 16.5 Å². The molecule has 1 fully saturated rings. The molecule has 0 saturated carbocycles. The molecule has 116 valence electrons. The van der Waals surface area contributed by atoms with E-state index in [0.29, 0.717) is 6.04 Å². The molecule has 0 unspecified atom stereocenters. The number of nitrogens with zero attached hydrogens (tertiary/aromatic N) is 1. The smallest absolute Gasteiger partial charge is 0.0707 e. The molecule has 0 amide bonds. The molecule has 2 nitrogen and oxygen atoms in total. The van der Waals surface area contributed by atoms with Gasteiger partial charge in [0.1, 0.15) is 0 Å². The quantitative estimate of drug-likeness (QED) is 0.810. The topological polar surface area (TPSA) is 15.3 Å². The number of halogens is 3. The molecular weight excluding hydrogens is 391 g/mol. The molecule has 1 aliphatic heterocycles. The van der Waals surface area contributed by atoms with Crippen molar-refractivity contribution in [1.29, 1.82) is 0 Å². The molecule has 2 heterocycles. The van der Waals surface area contributed by atoms with E-state index in [1.807, 2.05) is 11.3 Å². The summed E-state index contributed by atoms with van der Waals surface area (Å²) in [4.78, 5) is 4.00. The Morgan fingerprint density at radius 3 is 2.38 bits per heavy atom. The van der Waals surface area contributed by atoms with Gasteiger partial charge >= 0.3 is 0 Å². The molecule has 1 aromatic carbocycles. The summed E-state index contributed by atoms with van der Waals surface area (Å²) in [6, 6.07) is 13.3. The maximum atomic E-state index is 3.71. The van der Waals surface area contributed by atoms with Gasteiger partial charge in [-0.05, 0) is 23.1 Å². The minimum Gasteiger partial charge on any atom is -0.314 e. The van der Waals surface area contributed by atoms with Gasteiger partial charge in [-0.25, -0.2) is 0 Å². The van der Waals surface area contributed by atoms with Crippen molar-refractivity contribution in [2.75, 3.05) is 26.2 Å². The van der Waals surface area contributed by atoms with Crippen LogP contribution in [-0.2, 0) is 0 Å². The number of piperazine rings is 1. The normalized spacial score (nSPS) is 16.6. The van der Waals surface area contributed by atoms with Gasteiger partial charge in [0.05, 0.1) is 6.04 Å². The van der Waals surface area contributed by atoms with Gasteiger partial charge in [-0.1, -0.05) is 40.2 Å². The number of hydrogen-bond donors (Lipinski definition) is 1. The third-order valence-corrected chi connectivity index (χ3v) is 5.18. The summed E-state index contributed by atoms with van der Waals surface area (Å²) in [5, 5.41) is 5.60. The predicted octanol–water partition coefficient (Wildman–Crippen LogP) is 4.35. The van der Waals surface area contributed by atoms with E-state index in [1.165, 1.54) is 14.9 Å². The van der Waals surface area contributed by atoms with Crippen molar-refractivity contribution < 1.29 is 0 Å². The average molecular weight is 410 g/mol. The number of thiophene rings is 1. The maximum Gasteiger partial charge on any atom is 0.0707 e. The first kappa shape index (κ1) is 18.9. The second-order valence-corrected chi connectivity index (χ2v) is 6.56. The summed E-state index contributed by atoms with van der Waals surface area (Å²) >= 11 is 5.56. The minimum absolute atomic E-state index is 0. The van der Waals surface area contributed by atoms with Crippen LogP contribution in [0.5, 0.6) is 0 Å². The van der Waals surface area contributed by atoms with Crippen LogP contribution >= 0.6 is 52.1 Å². The molecule has 1 saturated heterocycles. The van der Waals surface area contributed by atoms with Crippen molar-refractivity contribution in [3.05, 3.63) is 56.7 Å². The fraction of sp³-hybridized carbons (Fsp3) is 0.333. The van der Waals surface area contributed by atoms with E-state index < -0.39 is 0 Å². The van der Waals surface area contributed by atoms with Gasteiger partial charge in [-0.3, -0.25) is 4.90 Å². The van der Waals surface area contributed by atoms with Crippen LogP contribution in [-0.4, -0.2) is 31.1 Å². The molecular formula is C15H19BrCl2N2S. The molecule has 0 bridgehead atoms. The largest absolute Gasteiger partial charge is 0.314 e. The molecule has 1 aromatic heterocycles. The Morgan fingerprint density at radius 2 is 1.76 bits per heavy atom. The van der Waals surface area contributed by atoms with Crippen LogP contribution in [0, 0.1) is 0 Å². The van der Waals surface area contributed by atoms with Crippen LogP contribution in [0.25, 0.3) is 0 Å². The zero-order valence-electron chi connectivity index (χ0n) is 11.5. The second-order valence-electron chi connectivity index (χ2n) is 4.73. The fourth-order valence-corrected chi connectivity index (χ4v) is 3.99. The Bertz CT molecular complexity index is 530. The van der Waals surface area contributed by atoms with Crippen LogP contribution in [0.4, 0.5) is 0 Å². The third kappa shape index (κ3) is 4.44. The molecule has 0 radical (unpaired) electrons. The van der Waals surface area contributed by atoms with E-state index in [9.17, 15) is 0 Å². The monoisotopic (exact) mass is 408 g/mol. The van der Waals surface area contributed by atoms with E-state index >= 15 is 0 Å². The van der Waals surface area contributed by atoms with Crippen LogP contribution in [0.2, 0.25) is 0 Å². The second kappa shape index (κ2) is 9.13. The van der Waals surface area contributed by atoms with Gasteiger partial charge in [0.25, 0.3) is 0 Å². The van der Waals surface area contributed by atoms with Gasteiger partial charge in [0, 0.05) is 35.5 Å². The van der Waals surface area contributed by atoms with Gasteiger partial charge in [0.2, 0.25) is 0 Å². The third-order valence-electron chi connectivity index (χ3n) is 3.53. The lowest BCUT2D eigenvalue weighted by Crippen LogP contribution is -2.45. The first-order chi connectivity index (χ1) is 9.36. The Kier molecular flexibility index (Phi) is 8.24. The zero-order chi connectivity index (χ0) is 13.1. The summed E-state index contributed by atoms with van der Waals surface area (Å²) in [5.74, 6) is 0. The first-order valence-electron chi connectivity index (χ1n) is 6.59. The highest BCUT2D eigenvalue weighted by Crippen LogP contribution is 2.35. The molecule has 1 N–H and O–H groups in total. The summed E-state index contributed by atoms with van der Waals surface area (Å²) in [5.41, 5.74) is 1.37. The molecule has 6 heteroatoms. The summed E-state index contributed by atoms with van der Waals surface area (Å²) in [6.45, 7) is 4.35. The van der Waals surface area contributed by atoms with E-state index in [-0.39, 0.29) is 24.8 Å². The van der Waals surface area contributed by atoms with Crippen LogP contribution in [0.15, 0.2) is 46.3 Å². The van der Waals surface area contributed by atoms with E-state index in [0.717, 1.165) is 26.2 Å². The Labute approximate surface area is 150 Å². The minimum atomic E-state index is 0. The molecule has 21 heavy (non-hydrogen) atoms. The first-order valence-corrected chi connectivity index (χ1v) is 8.26. The lowest BCUT2D eigenvalue weighted by Gasteiger charge is -2.35. The predicted molar refractivity (Wildman–Crippen MR) is 99.2 cm³/mol. The molecule has 1 atom stereocenters. The van der Waals surface area contributed by atoms with Crippen LogP contribution in [0.3, 0.4) is 0 Å². The summed E-state index contributed by atoms with van der Waals surface area (Å²) in [7, 11) is 0. The van der Waals surface area contributed by atoms with Crippen molar-refractivity contribution in [1.82, 2.24) is 10.2 Å². The Hall–Kier alpha value is -0.100. The lowest BCUT2D eigenvalue weighted by molar-refractivity contribution is 0.200. The van der Waals surface area contributed by atoms with Crippen LogP contribution < -0.4 is 5.32 Å². The highest BCUT2D eigenvalue weighted by Gasteiger charge is 2.25. The van der Waals surface area contributed by atoms with E-state index in [2.05, 4.69) is 67.9 Å². The highest BCUT2D eigenvalue weighted by molar-refractivity contribution is 9.10. The van der Waals surface area contributed by atoms with Crippen molar-refractivity contribution in [2.24, 2.45) is 0 Å². The zero-order valence-corrected chi connectivity index (χ0v) is 15.5. The van der Waals surface area contributed by atoms with Crippen molar-refractivity contribution in [3.63, 3.8) is 0 Å². The van der Waals surface area contributed by atoms with Gasteiger partial charge in [0.15, 0.2) is 0 Å². The maximum absolute atomic E-state index is 3.71. The van der Waals surface area contributed by atoms with Gasteiger partial charge < -0.3 is 5.32 Å². The number of benzene rings is 1. The van der Waals surface area contributed by atoms with Crippen molar-refractivity contribution in [3.8, 4) is 0 Å². The molecule has 1 aliphatic rings. The van der Waals surface area contributed by atoms with Crippen molar-refractivity contribution in [2.45, 2.75) is 6.04 Å². The standard InChI is InChI=1S/C15H17BrN2S.2ClH/c16-13-5-2-1-4-12(13)15(14-6-3-11-19-14)18-9-7-17-8-10-18;;/h1-6,11,15,17H,7-10H2;2*1H/t15-;;/m0../s1. The Morgan fingerprint density at radius 1 is 1.05 bits per heavy atom. The number of rotatable bonds is 3. The van der Waals surface area contributed by atoms with E-state index in [1.54, 1.807) is 0 Å². The highest BCUT2D eigenvalue weighted by atomic mass is 79.9. The Balaban J connectivity index is 0.00000110. The average Bonchev–Trinajstić information content (AvgIpc) is 2.96. The molecule has 3 rings (SSSR count). The molecule has 2 aromatic rings. The van der Waals surface area contributed by atoms with Crippen molar-refractivity contribution >= 4 is 52.1 Å². The lowest BCUT2D eigenvalue weighted by atomic mass is 10.0. The number of nitrogens with one attached hydrogen (secondary N) is 1. The van der Waals surface area contributed by atoms with Gasteiger partial charge in [-0.2, -0.15) is 0 Å². The number of hydrogen-bond acceptors (Lipinski definition) is 3. The van der Waals surface area contributed by atoms with Gasteiger partial charge in [-0.15, -0.1) is 36.2 Å². The molecule has 0 spiro atoms. The fourth-order valence-electron chi connectivity index (χ4n) is 2.61. The molecule has 0 aliphatic carbocycles. The van der Waals surface area contributed by atoms with E-state index in [4.69, 9.17) is 0 Å². The SMILES string of the molecule is Brc1ccccc1[C@@H](c1cccs1)N1CCNCC1.Cl.Cl.